The average molecular weight is 1170 g/mol. The fourth-order valence-electron chi connectivity index (χ4n) is 8.46. The number of rotatable bonds is 22. The number of phosphoric ester groups is 1. The summed E-state index contributed by atoms with van der Waals surface area (Å²) in [5, 5.41) is 52.0. The molecule has 3 unspecified atom stereocenters. The second-order valence-corrected chi connectivity index (χ2v) is 22.1. The van der Waals surface area contributed by atoms with Gasteiger partial charge in [0, 0.05) is 59.8 Å². The number of anilines is 1. The van der Waals surface area contributed by atoms with Gasteiger partial charge in [0.05, 0.1) is 53.7 Å². The highest BCUT2D eigenvalue weighted by molar-refractivity contribution is 7.66. The molecular formula is C47H46N9O21P3. The van der Waals surface area contributed by atoms with Gasteiger partial charge in [-0.3, -0.25) is 33.6 Å². The summed E-state index contributed by atoms with van der Waals surface area (Å²) >= 11 is 0. The Hall–Kier alpha value is -7.87. The Balaban J connectivity index is 0.802. The van der Waals surface area contributed by atoms with Gasteiger partial charge in [0.2, 0.25) is 5.91 Å². The lowest BCUT2D eigenvalue weighted by atomic mass is 9.89. The van der Waals surface area contributed by atoms with Crippen LogP contribution in [0.15, 0.2) is 88.7 Å². The number of unbranched alkanes of at least 4 members (excludes halogenated alkanes) is 2. The van der Waals surface area contributed by atoms with Crippen LogP contribution in [-0.4, -0.2) is 114 Å². The van der Waals surface area contributed by atoms with Gasteiger partial charge in [0.1, 0.15) is 41.4 Å². The first-order chi connectivity index (χ1) is 37.8. The van der Waals surface area contributed by atoms with Crippen LogP contribution in [0.2, 0.25) is 0 Å². The third kappa shape index (κ3) is 14.3. The molecule has 2 amide bonds. The van der Waals surface area contributed by atoms with Gasteiger partial charge >= 0.3 is 29.4 Å². The molecule has 5 aromatic rings. The van der Waals surface area contributed by atoms with Crippen molar-refractivity contribution in [2.24, 2.45) is 0 Å². The van der Waals surface area contributed by atoms with Crippen LogP contribution in [0.4, 0.5) is 11.5 Å². The highest BCUT2D eigenvalue weighted by atomic mass is 31.3. The molecule has 8 rings (SSSR count). The van der Waals surface area contributed by atoms with Crippen LogP contribution in [0.3, 0.4) is 0 Å². The molecule has 2 aliphatic heterocycles. The van der Waals surface area contributed by atoms with Crippen molar-refractivity contribution in [3.63, 3.8) is 0 Å². The van der Waals surface area contributed by atoms with Gasteiger partial charge in [-0.05, 0) is 73.7 Å². The van der Waals surface area contributed by atoms with Crippen molar-refractivity contribution >= 4 is 74.9 Å². The number of aromatic hydroxyl groups is 1. The number of ether oxygens (including phenoxy) is 1. The molecule has 80 heavy (non-hydrogen) atoms. The maximum Gasteiger partial charge on any atom is 0.490 e. The van der Waals surface area contributed by atoms with Gasteiger partial charge in [-0.25, -0.2) is 38.4 Å². The molecule has 0 radical (unpaired) electrons. The molecule has 30 nitrogen and oxygen atoms in total. The number of phosphoric acid groups is 3. The molecule has 6 atom stereocenters. The Bertz CT molecular complexity index is 3800. The number of phenols is 1. The number of benzene rings is 3. The van der Waals surface area contributed by atoms with Crippen LogP contribution >= 0.6 is 23.5 Å². The van der Waals surface area contributed by atoms with E-state index in [0.717, 1.165) is 6.33 Å². The summed E-state index contributed by atoms with van der Waals surface area (Å²) in [7, 11) is -16.9. The van der Waals surface area contributed by atoms with Crippen molar-refractivity contribution in [1.82, 2.24) is 35.1 Å². The lowest BCUT2D eigenvalue weighted by molar-refractivity contribution is -0.385. The maximum absolute atomic E-state index is 13.3. The molecule has 10 N–H and O–H groups in total. The topological polar surface area (TPSA) is 447 Å². The zero-order chi connectivity index (χ0) is 57.7. The number of carbonyl (C=O) groups excluding carboxylic acids is 2. The normalized spacial score (nSPS) is 17.2. The van der Waals surface area contributed by atoms with E-state index in [2.05, 4.69) is 60.9 Å². The Kier molecular flexibility index (Phi) is 17.7. The molecule has 1 fully saturated rings. The average Bonchev–Trinajstić information content (AvgIpc) is 4.09. The van der Waals surface area contributed by atoms with Crippen molar-refractivity contribution in [1.29, 1.82) is 0 Å². The Labute approximate surface area is 449 Å². The number of hydrogen-bond acceptors (Lipinski definition) is 21. The highest BCUT2D eigenvalue weighted by Gasteiger charge is 2.43. The molecule has 3 aromatic heterocycles. The molecule has 3 aliphatic rings. The van der Waals surface area contributed by atoms with E-state index in [4.69, 9.17) is 18.9 Å². The van der Waals surface area contributed by atoms with E-state index in [-0.39, 0.29) is 105 Å². The molecule has 2 aromatic carbocycles. The molecule has 5 heterocycles. The molecule has 1 aliphatic carbocycles. The Morgan fingerprint density at radius 2 is 1.73 bits per heavy atom. The summed E-state index contributed by atoms with van der Waals surface area (Å²) < 4.78 is 59.7. The summed E-state index contributed by atoms with van der Waals surface area (Å²) in [6, 6.07) is 12.9. The van der Waals surface area contributed by atoms with Gasteiger partial charge in [-0.1, -0.05) is 12.3 Å². The van der Waals surface area contributed by atoms with Gasteiger partial charge < -0.3 is 60.0 Å². The minimum Gasteiger partial charge on any atom is -0.508 e. The van der Waals surface area contributed by atoms with Crippen LogP contribution in [0, 0.1) is 22.0 Å². The van der Waals surface area contributed by atoms with Crippen molar-refractivity contribution in [2.75, 3.05) is 25.0 Å². The zero-order valence-electron chi connectivity index (χ0n) is 41.3. The van der Waals surface area contributed by atoms with Gasteiger partial charge in [0.15, 0.2) is 22.4 Å². The minimum absolute atomic E-state index is 0.0401. The largest absolute Gasteiger partial charge is 0.508 e. The molecule has 0 saturated carbocycles. The van der Waals surface area contributed by atoms with E-state index < -0.39 is 71.4 Å². The quantitative estimate of drug-likeness (QED) is 0.0106. The predicted octanol–water partition coefficient (Wildman–Crippen LogP) is 5.03. The number of nitro groups is 1. The lowest BCUT2D eigenvalue weighted by Gasteiger charge is -2.19. The number of imidazole rings is 1. The Morgan fingerprint density at radius 1 is 0.938 bits per heavy atom. The lowest BCUT2D eigenvalue weighted by Crippen LogP contribution is -2.26. The van der Waals surface area contributed by atoms with Crippen LogP contribution in [0.25, 0.3) is 44.6 Å². The van der Waals surface area contributed by atoms with Crippen molar-refractivity contribution in [3.05, 3.63) is 122 Å². The smallest absolute Gasteiger partial charge is 0.490 e. The van der Waals surface area contributed by atoms with Crippen LogP contribution in [0.5, 0.6) is 5.75 Å². The second-order valence-electron chi connectivity index (χ2n) is 17.6. The van der Waals surface area contributed by atoms with Crippen molar-refractivity contribution < 1.29 is 90.2 Å². The monoisotopic (exact) mass is 1170 g/mol. The predicted molar refractivity (Wildman–Crippen MR) is 276 cm³/mol. The van der Waals surface area contributed by atoms with E-state index >= 15 is 0 Å². The van der Waals surface area contributed by atoms with Crippen LogP contribution in [0.1, 0.15) is 83.3 Å². The number of aliphatic hydroxyl groups is 1. The van der Waals surface area contributed by atoms with Gasteiger partial charge in [0.25, 0.3) is 11.6 Å². The van der Waals surface area contributed by atoms with Crippen molar-refractivity contribution in [3.8, 4) is 40.0 Å². The van der Waals surface area contributed by atoms with Gasteiger partial charge in [-0.2, -0.15) is 8.62 Å². The summed E-state index contributed by atoms with van der Waals surface area (Å²) in [4.78, 5) is 116. The number of carboxylic acids is 1. The van der Waals surface area contributed by atoms with Crippen molar-refractivity contribution in [2.45, 2.75) is 63.5 Å². The van der Waals surface area contributed by atoms with E-state index in [1.54, 1.807) is 13.0 Å². The number of pyridine rings is 1. The van der Waals surface area contributed by atoms with E-state index in [1.165, 1.54) is 71.7 Å². The van der Waals surface area contributed by atoms with E-state index in [0.29, 0.717) is 35.8 Å². The molecule has 420 valence electrons. The number of nitrogens with one attached hydrogen (secondary N) is 3. The van der Waals surface area contributed by atoms with E-state index in [1.807, 2.05) is 0 Å². The van der Waals surface area contributed by atoms with Gasteiger partial charge in [-0.15, -0.1) is 0 Å². The number of amides is 2. The highest BCUT2D eigenvalue weighted by Crippen LogP contribution is 2.66. The number of nitrogens with zero attached hydrogens (tertiary/aromatic N) is 6. The van der Waals surface area contributed by atoms with Crippen LogP contribution < -0.4 is 21.4 Å². The summed E-state index contributed by atoms with van der Waals surface area (Å²) in [6.45, 7) is 0.832. The second kappa shape index (κ2) is 24.2. The Morgan fingerprint density at radius 3 is 2.48 bits per heavy atom. The molecule has 0 spiro atoms. The van der Waals surface area contributed by atoms with E-state index in [9.17, 15) is 68.1 Å². The number of fused-ring (bicyclic) bond motifs is 3. The fraction of sp³-hybridized carbons (Fsp3) is 0.277. The summed E-state index contributed by atoms with van der Waals surface area (Å²) in [5.74, 6) is 3.54. The maximum atomic E-state index is 13.3. The number of carbonyl (C=O) groups is 3. The first-order valence-electron chi connectivity index (χ1n) is 23.7. The summed E-state index contributed by atoms with van der Waals surface area (Å²) in [6.07, 6.45) is 1.48. The number of hydrogen-bond donors (Lipinski definition) is 10. The standard InChI is InChI=1S/C47H46N9O21P3/c1-25(54-44-43-45(52-23-51-44)55(24-53-43)41-20-36(59)39(75-41)22-73-79(69,70)77-80(71,72)76-78(66,67)68)34-21-50-27(17-35(34)56(64)65)6-5-15-48-40(60)7-3-2-4-14-49-46(61)26-8-11-30(47(62)63)33(16-26)42-31-12-9-28(57)18-37(31)74-38-19-29(58)10-13-32(38)42/h8-13,16-19,21,23-25,36,39,41,57,59H,2-4,7,14-15,20,22H2,1H3,(H,48,60)(H,49,61)(H,62,63)(H,69,70)(H,71,72)(H,51,52,54)(H2,66,67,68)/t25?,36-,39-,41-/m1/s1. The molecular weight excluding hydrogens is 1120 g/mol. The molecule has 1 saturated heterocycles. The first-order valence-corrected chi connectivity index (χ1v) is 28.2. The SMILES string of the molecule is CC(Nc1ncnc2c1ncn2[C@H]1C[C@@H](O)[C@@H](COP(=O)(O)OP(=O)(O)OP(=O)(O)O)O1)c1cnc(C#CCNC(=O)CCCCCNC(=O)c2ccc(C(=O)O)c(-c3c4ccc(=O)cc-4oc4cc(O)ccc34)c2)cc1[N+](=O)[O-]. The number of phenolic OH excluding ortho intramolecular Hbond substituents is 1. The van der Waals surface area contributed by atoms with Crippen LogP contribution in [-0.2, 0) is 36.4 Å². The third-order valence-corrected chi connectivity index (χ3v) is 15.8. The third-order valence-electron chi connectivity index (χ3n) is 12.0. The number of carboxylic acid groups (broad SMARTS) is 1. The fourth-order valence-corrected chi connectivity index (χ4v) is 11.5. The molecule has 33 heteroatoms. The number of aromatic carboxylic acids is 1. The number of aliphatic hydroxyl groups excluding tert-OH is 1. The summed E-state index contributed by atoms with van der Waals surface area (Å²) in [5.41, 5.74) is 1.05. The zero-order valence-corrected chi connectivity index (χ0v) is 44.0. The first kappa shape index (κ1) is 58.3. The molecule has 0 bridgehead atoms. The number of aromatic nitrogens is 5. The minimum atomic E-state index is -5.78.